The molecule has 3 rings (SSSR count). The molecular formula is C23H28N4O2S2. The number of benzene rings is 1. The summed E-state index contributed by atoms with van der Waals surface area (Å²) in [5, 5.41) is 4.09. The maximum absolute atomic E-state index is 12.9. The van der Waals surface area contributed by atoms with Gasteiger partial charge in [0.15, 0.2) is 5.16 Å². The largest absolute Gasteiger partial charge is 0.372 e. The summed E-state index contributed by atoms with van der Waals surface area (Å²) in [4.78, 5) is 34.2. The zero-order chi connectivity index (χ0) is 22.4. The number of fused-ring (bicyclic) bond motifs is 1. The molecule has 0 fully saturated rings. The Bertz CT molecular complexity index is 1120. The number of thioether (sulfide) groups is 1. The number of hydrogen-bond donors (Lipinski definition) is 1. The van der Waals surface area contributed by atoms with Gasteiger partial charge in [-0.3, -0.25) is 14.2 Å². The molecule has 6 nitrogen and oxygen atoms in total. The average molecular weight is 457 g/mol. The molecule has 1 amide bonds. The minimum atomic E-state index is -0.138. The molecule has 3 aromatic rings. The standard InChI is InChI=1S/C23H28N4O2S2/c1-5-13-27-22(29)19-14-18(6-2)31-21(19)25-23(27)30-15-20(28)24-16-9-11-17(12-10-16)26(7-3)8-4/h5,9-12,14H,1,6-8,13,15H2,2-4H3,(H,24,28). The van der Waals surface area contributed by atoms with Gasteiger partial charge in [0.05, 0.1) is 11.1 Å². The third kappa shape index (κ3) is 5.37. The van der Waals surface area contributed by atoms with Gasteiger partial charge in [-0.15, -0.1) is 17.9 Å². The van der Waals surface area contributed by atoms with E-state index in [2.05, 4.69) is 42.6 Å². The Balaban J connectivity index is 1.72. The third-order valence-electron chi connectivity index (χ3n) is 4.94. The van der Waals surface area contributed by atoms with Crippen LogP contribution in [0.25, 0.3) is 10.2 Å². The fraction of sp³-hybridized carbons (Fsp3) is 0.348. The maximum atomic E-state index is 12.9. The summed E-state index contributed by atoms with van der Waals surface area (Å²) in [6.45, 7) is 12.3. The predicted octanol–water partition coefficient (Wildman–Crippen LogP) is 4.78. The van der Waals surface area contributed by atoms with Gasteiger partial charge in [0.2, 0.25) is 5.91 Å². The summed E-state index contributed by atoms with van der Waals surface area (Å²) in [5.74, 6) is 0.0272. The molecule has 1 N–H and O–H groups in total. The summed E-state index contributed by atoms with van der Waals surface area (Å²) >= 11 is 2.79. The van der Waals surface area contributed by atoms with E-state index in [0.29, 0.717) is 17.1 Å². The van der Waals surface area contributed by atoms with Crippen LogP contribution in [0.2, 0.25) is 0 Å². The second kappa shape index (κ2) is 10.6. The van der Waals surface area contributed by atoms with Crippen LogP contribution in [0.3, 0.4) is 0 Å². The molecule has 0 atom stereocenters. The van der Waals surface area contributed by atoms with Crippen molar-refractivity contribution in [2.24, 2.45) is 0 Å². The summed E-state index contributed by atoms with van der Waals surface area (Å²) in [6, 6.07) is 9.75. The van der Waals surface area contributed by atoms with Crippen LogP contribution >= 0.6 is 23.1 Å². The lowest BCUT2D eigenvalue weighted by Crippen LogP contribution is -2.23. The Morgan fingerprint density at radius 1 is 1.26 bits per heavy atom. The Morgan fingerprint density at radius 2 is 1.97 bits per heavy atom. The molecule has 0 radical (unpaired) electrons. The van der Waals surface area contributed by atoms with Gasteiger partial charge in [0, 0.05) is 35.9 Å². The number of nitrogens with one attached hydrogen (secondary N) is 1. The van der Waals surface area contributed by atoms with Crippen molar-refractivity contribution in [3.05, 3.63) is 58.2 Å². The zero-order valence-electron chi connectivity index (χ0n) is 18.2. The van der Waals surface area contributed by atoms with Crippen molar-refractivity contribution in [2.75, 3.05) is 29.1 Å². The highest BCUT2D eigenvalue weighted by Crippen LogP contribution is 2.25. The first-order valence-electron chi connectivity index (χ1n) is 10.4. The van der Waals surface area contributed by atoms with Gasteiger partial charge in [-0.25, -0.2) is 4.98 Å². The highest BCUT2D eigenvalue weighted by atomic mass is 32.2. The summed E-state index contributed by atoms with van der Waals surface area (Å²) in [5.41, 5.74) is 1.79. The first-order chi connectivity index (χ1) is 15.0. The minimum absolute atomic E-state index is 0.0873. The molecule has 31 heavy (non-hydrogen) atoms. The smallest absolute Gasteiger partial charge is 0.263 e. The van der Waals surface area contributed by atoms with Crippen LogP contribution in [0.1, 0.15) is 25.6 Å². The molecule has 0 aliphatic rings. The first kappa shape index (κ1) is 23.1. The van der Waals surface area contributed by atoms with E-state index in [0.717, 1.165) is 40.6 Å². The quantitative estimate of drug-likeness (QED) is 0.270. The van der Waals surface area contributed by atoms with Crippen LogP contribution < -0.4 is 15.8 Å². The molecule has 8 heteroatoms. The SMILES string of the molecule is C=CCn1c(SCC(=O)Nc2ccc(N(CC)CC)cc2)nc2sc(CC)cc2c1=O. The van der Waals surface area contributed by atoms with E-state index in [1.807, 2.05) is 30.3 Å². The molecule has 1 aromatic carbocycles. The number of carbonyl (C=O) groups excluding carboxylic acids is 1. The third-order valence-corrected chi connectivity index (χ3v) is 7.09. The Hall–Kier alpha value is -2.58. The van der Waals surface area contributed by atoms with Gasteiger partial charge in [0.1, 0.15) is 4.83 Å². The van der Waals surface area contributed by atoms with E-state index in [9.17, 15) is 9.59 Å². The molecular weight excluding hydrogens is 428 g/mol. The van der Waals surface area contributed by atoms with Crippen LogP contribution in [0.4, 0.5) is 11.4 Å². The van der Waals surface area contributed by atoms with E-state index in [-0.39, 0.29) is 17.2 Å². The molecule has 2 aromatic heterocycles. The van der Waals surface area contributed by atoms with Crippen molar-refractivity contribution in [3.63, 3.8) is 0 Å². The number of anilines is 2. The van der Waals surface area contributed by atoms with Gasteiger partial charge in [-0.05, 0) is 50.6 Å². The molecule has 0 spiro atoms. The summed E-state index contributed by atoms with van der Waals surface area (Å²) < 4.78 is 1.58. The lowest BCUT2D eigenvalue weighted by Gasteiger charge is -2.21. The van der Waals surface area contributed by atoms with Crippen LogP contribution in [-0.2, 0) is 17.8 Å². The zero-order valence-corrected chi connectivity index (χ0v) is 19.8. The number of hydrogen-bond acceptors (Lipinski definition) is 6. The number of nitrogens with zero attached hydrogens (tertiary/aromatic N) is 3. The minimum Gasteiger partial charge on any atom is -0.372 e. The molecule has 0 aliphatic heterocycles. The second-order valence-electron chi connectivity index (χ2n) is 6.94. The molecule has 0 saturated carbocycles. The van der Waals surface area contributed by atoms with Crippen LogP contribution in [0, 0.1) is 0 Å². The number of carbonyl (C=O) groups is 1. The van der Waals surface area contributed by atoms with Crippen LogP contribution in [-0.4, -0.2) is 34.3 Å². The van der Waals surface area contributed by atoms with Crippen molar-refractivity contribution < 1.29 is 4.79 Å². The lowest BCUT2D eigenvalue weighted by atomic mass is 10.2. The predicted molar refractivity (Wildman–Crippen MR) is 133 cm³/mol. The highest BCUT2D eigenvalue weighted by Gasteiger charge is 2.15. The van der Waals surface area contributed by atoms with Crippen LogP contribution in [0.15, 0.2) is 52.9 Å². The van der Waals surface area contributed by atoms with E-state index < -0.39 is 0 Å². The average Bonchev–Trinajstić information content (AvgIpc) is 3.20. The summed E-state index contributed by atoms with van der Waals surface area (Å²) in [6.07, 6.45) is 2.53. The molecule has 0 aliphatic carbocycles. The lowest BCUT2D eigenvalue weighted by molar-refractivity contribution is -0.113. The van der Waals surface area contributed by atoms with Crippen molar-refractivity contribution >= 4 is 50.6 Å². The highest BCUT2D eigenvalue weighted by molar-refractivity contribution is 7.99. The Morgan fingerprint density at radius 3 is 2.58 bits per heavy atom. The number of rotatable bonds is 10. The Kier molecular flexibility index (Phi) is 7.92. The van der Waals surface area contributed by atoms with Gasteiger partial charge in [-0.1, -0.05) is 24.8 Å². The van der Waals surface area contributed by atoms with Gasteiger partial charge in [0.25, 0.3) is 5.56 Å². The second-order valence-corrected chi connectivity index (χ2v) is 9.00. The molecule has 0 unspecified atom stereocenters. The summed E-state index contributed by atoms with van der Waals surface area (Å²) in [7, 11) is 0. The molecule has 164 valence electrons. The molecule has 0 bridgehead atoms. The van der Waals surface area contributed by atoms with Gasteiger partial charge < -0.3 is 10.2 Å². The number of aryl methyl sites for hydroxylation is 1. The number of thiophene rings is 1. The van der Waals surface area contributed by atoms with E-state index in [4.69, 9.17) is 0 Å². The maximum Gasteiger partial charge on any atom is 0.263 e. The first-order valence-corrected chi connectivity index (χ1v) is 12.2. The fourth-order valence-electron chi connectivity index (χ4n) is 3.29. The molecule has 2 heterocycles. The molecule has 0 saturated heterocycles. The number of amides is 1. The monoisotopic (exact) mass is 456 g/mol. The van der Waals surface area contributed by atoms with E-state index in [1.54, 1.807) is 10.6 Å². The topological polar surface area (TPSA) is 67.2 Å². The van der Waals surface area contributed by atoms with E-state index >= 15 is 0 Å². The normalized spacial score (nSPS) is 10.9. The number of allylic oxidation sites excluding steroid dienone is 1. The van der Waals surface area contributed by atoms with Crippen molar-refractivity contribution in [1.82, 2.24) is 9.55 Å². The number of aromatic nitrogens is 2. The van der Waals surface area contributed by atoms with Crippen molar-refractivity contribution in [1.29, 1.82) is 0 Å². The fourth-order valence-corrected chi connectivity index (χ4v) is 5.11. The van der Waals surface area contributed by atoms with Gasteiger partial charge in [-0.2, -0.15) is 0 Å². The van der Waals surface area contributed by atoms with Gasteiger partial charge >= 0.3 is 0 Å². The van der Waals surface area contributed by atoms with E-state index in [1.165, 1.54) is 23.1 Å². The van der Waals surface area contributed by atoms with Crippen molar-refractivity contribution in [2.45, 2.75) is 38.9 Å². The van der Waals surface area contributed by atoms with Crippen molar-refractivity contribution in [3.8, 4) is 0 Å². The Labute approximate surface area is 191 Å². The van der Waals surface area contributed by atoms with Crippen LogP contribution in [0.5, 0.6) is 0 Å².